The molecule has 0 bridgehead atoms. The number of benzene rings is 2. The molecule has 11 heteroatoms. The molecule has 2 aromatic carbocycles. The van der Waals surface area contributed by atoms with Crippen LogP contribution < -0.4 is 27.4 Å². The van der Waals surface area contributed by atoms with Crippen molar-refractivity contribution in [3.63, 3.8) is 0 Å². The summed E-state index contributed by atoms with van der Waals surface area (Å²) in [6, 6.07) is 15.1. The maximum atomic E-state index is 13.2. The second-order valence-electron chi connectivity index (χ2n) is 10.5. The summed E-state index contributed by atoms with van der Waals surface area (Å²) < 4.78 is 4.07. The number of aryl methyl sites for hydroxylation is 2. The number of carbonyl (C=O) groups is 3. The molecule has 11 nitrogen and oxygen atoms in total. The smallest absolute Gasteiger partial charge is 0.259 e. The molecule has 0 spiro atoms. The van der Waals surface area contributed by atoms with E-state index >= 15 is 0 Å². The van der Waals surface area contributed by atoms with Gasteiger partial charge >= 0.3 is 0 Å². The van der Waals surface area contributed by atoms with Gasteiger partial charge < -0.3 is 31.2 Å². The number of carbonyl (C=O) groups excluding carboxylic acids is 3. The van der Waals surface area contributed by atoms with Gasteiger partial charge in [0.25, 0.3) is 11.8 Å². The summed E-state index contributed by atoms with van der Waals surface area (Å²) in [6.07, 6.45) is 6.52. The lowest BCUT2D eigenvalue weighted by molar-refractivity contribution is -0.123. The number of rotatable bonds is 12. The van der Waals surface area contributed by atoms with Crippen molar-refractivity contribution >= 4 is 56.6 Å². The van der Waals surface area contributed by atoms with Gasteiger partial charge in [0, 0.05) is 72.0 Å². The molecule has 3 heterocycles. The molecule has 0 fully saturated rings. The van der Waals surface area contributed by atoms with Crippen LogP contribution in [0.5, 0.6) is 0 Å². The molecule has 3 amide bonds. The monoisotopic (exact) mass is 568 g/mol. The second-order valence-corrected chi connectivity index (χ2v) is 10.5. The topological polar surface area (TPSA) is 173 Å². The highest BCUT2D eigenvalue weighted by molar-refractivity contribution is 6.50. The van der Waals surface area contributed by atoms with Crippen molar-refractivity contribution in [2.24, 2.45) is 18.5 Å². The number of hydrogen-bond acceptors (Lipinski definition) is 5. The molecule has 0 saturated carbocycles. The summed E-state index contributed by atoms with van der Waals surface area (Å²) in [7, 11) is 1.93. The van der Waals surface area contributed by atoms with Crippen LogP contribution in [0.25, 0.3) is 33.0 Å². The summed E-state index contributed by atoms with van der Waals surface area (Å²) in [4.78, 5) is 38.7. The van der Waals surface area contributed by atoms with Gasteiger partial charge in [0.1, 0.15) is 0 Å². The number of para-hydroxylation sites is 2. The van der Waals surface area contributed by atoms with E-state index in [2.05, 4.69) is 20.5 Å². The molecule has 1 aliphatic heterocycles. The summed E-state index contributed by atoms with van der Waals surface area (Å²) in [5.41, 5.74) is 15.4. The van der Waals surface area contributed by atoms with Gasteiger partial charge in [0.05, 0.1) is 17.2 Å². The number of amides is 3. The molecule has 0 saturated heterocycles. The third kappa shape index (κ3) is 5.77. The maximum absolute atomic E-state index is 13.2. The lowest BCUT2D eigenvalue weighted by Gasteiger charge is -2.12. The molecule has 1 atom stereocenters. The largest absolute Gasteiger partial charge is 0.370 e. The molecule has 5 rings (SSSR count). The zero-order chi connectivity index (χ0) is 29.8. The summed E-state index contributed by atoms with van der Waals surface area (Å²) in [6.45, 7) is 1.67. The molecular formula is C31H36N8O3. The molecule has 42 heavy (non-hydrogen) atoms. The van der Waals surface area contributed by atoms with E-state index in [1.165, 1.54) is 0 Å². The Labute approximate surface area is 243 Å². The first-order valence-electron chi connectivity index (χ1n) is 14.1. The van der Waals surface area contributed by atoms with E-state index in [4.69, 9.17) is 16.9 Å². The summed E-state index contributed by atoms with van der Waals surface area (Å²) in [5, 5.41) is 17.1. The third-order valence-electron chi connectivity index (χ3n) is 7.62. The van der Waals surface area contributed by atoms with Crippen molar-refractivity contribution in [1.29, 1.82) is 5.41 Å². The van der Waals surface area contributed by atoms with Crippen molar-refractivity contribution in [3.05, 3.63) is 72.1 Å². The highest BCUT2D eigenvalue weighted by atomic mass is 16.2. The fourth-order valence-electron chi connectivity index (χ4n) is 5.57. The quantitative estimate of drug-likeness (QED) is 0.0661. The van der Waals surface area contributed by atoms with E-state index < -0.39 is 17.9 Å². The van der Waals surface area contributed by atoms with Crippen LogP contribution in [-0.2, 0) is 28.0 Å². The van der Waals surface area contributed by atoms with Crippen LogP contribution in [0.15, 0.2) is 60.9 Å². The average molecular weight is 569 g/mol. The number of imide groups is 1. The number of hydrogen-bond donors (Lipinski definition) is 6. The van der Waals surface area contributed by atoms with Crippen LogP contribution in [0.2, 0.25) is 0 Å². The van der Waals surface area contributed by atoms with E-state index in [0.717, 1.165) is 45.8 Å². The molecule has 0 unspecified atom stereocenters. The number of nitrogens with zero attached hydrogens (tertiary/aromatic N) is 2. The summed E-state index contributed by atoms with van der Waals surface area (Å²) >= 11 is 0. The van der Waals surface area contributed by atoms with Crippen molar-refractivity contribution in [2.45, 2.75) is 38.3 Å². The Kier molecular flexibility index (Phi) is 8.39. The van der Waals surface area contributed by atoms with Crippen molar-refractivity contribution < 1.29 is 14.4 Å². The Bertz CT molecular complexity index is 1710. The molecule has 2 aromatic heterocycles. The maximum Gasteiger partial charge on any atom is 0.259 e. The normalized spacial score (nSPS) is 14.0. The van der Waals surface area contributed by atoms with Crippen LogP contribution in [0, 0.1) is 5.41 Å². The van der Waals surface area contributed by atoms with E-state index in [1.807, 2.05) is 72.5 Å². The lowest BCUT2D eigenvalue weighted by Crippen LogP contribution is -2.41. The predicted octanol–water partition coefficient (Wildman–Crippen LogP) is 2.19. The van der Waals surface area contributed by atoms with Gasteiger partial charge in [0.15, 0.2) is 5.96 Å². The predicted molar refractivity (Wildman–Crippen MR) is 164 cm³/mol. The first-order valence-corrected chi connectivity index (χ1v) is 14.1. The average Bonchev–Trinajstić information content (AvgIpc) is 3.60. The van der Waals surface area contributed by atoms with Crippen LogP contribution in [0.4, 0.5) is 0 Å². The van der Waals surface area contributed by atoms with Crippen LogP contribution in [0.1, 0.15) is 36.8 Å². The van der Waals surface area contributed by atoms with E-state index in [1.54, 1.807) is 0 Å². The number of aromatic nitrogens is 2. The van der Waals surface area contributed by atoms with Gasteiger partial charge in [-0.15, -0.1) is 0 Å². The minimum atomic E-state index is -0.612. The lowest BCUT2D eigenvalue weighted by atomic mass is 9.95. The van der Waals surface area contributed by atoms with Crippen molar-refractivity contribution in [2.75, 3.05) is 13.1 Å². The minimum Gasteiger partial charge on any atom is -0.370 e. The fourth-order valence-corrected chi connectivity index (χ4v) is 5.57. The Morgan fingerprint density at radius 3 is 2.17 bits per heavy atom. The second kappa shape index (κ2) is 12.3. The van der Waals surface area contributed by atoms with Gasteiger partial charge in [-0.25, -0.2) is 0 Å². The molecule has 8 N–H and O–H groups in total. The number of guanidine groups is 1. The molecule has 4 aromatic rings. The van der Waals surface area contributed by atoms with Gasteiger partial charge in [0.2, 0.25) is 5.91 Å². The Morgan fingerprint density at radius 1 is 0.881 bits per heavy atom. The van der Waals surface area contributed by atoms with Crippen LogP contribution >= 0.6 is 0 Å². The first-order chi connectivity index (χ1) is 20.3. The highest BCUT2D eigenvalue weighted by Crippen LogP contribution is 2.38. The number of fused-ring (bicyclic) bond motifs is 2. The van der Waals surface area contributed by atoms with Gasteiger partial charge in [-0.05, 0) is 37.8 Å². The highest BCUT2D eigenvalue weighted by Gasteiger charge is 2.35. The molecular weight excluding hydrogens is 532 g/mol. The van der Waals surface area contributed by atoms with E-state index in [9.17, 15) is 14.4 Å². The van der Waals surface area contributed by atoms with E-state index in [-0.39, 0.29) is 11.9 Å². The zero-order valence-corrected chi connectivity index (χ0v) is 23.6. The minimum absolute atomic E-state index is 0.0995. The first kappa shape index (κ1) is 28.6. The van der Waals surface area contributed by atoms with Crippen LogP contribution in [-0.4, -0.2) is 51.9 Å². The Balaban J connectivity index is 1.31. The Hall–Kier alpha value is -4.90. The number of nitrogens with two attached hydrogens (primary N) is 2. The molecule has 0 aliphatic carbocycles. The van der Waals surface area contributed by atoms with E-state index in [0.29, 0.717) is 43.6 Å². The van der Waals surface area contributed by atoms with Crippen molar-refractivity contribution in [1.82, 2.24) is 25.1 Å². The molecule has 218 valence electrons. The van der Waals surface area contributed by atoms with Crippen LogP contribution in [0.3, 0.4) is 0 Å². The fraction of sp³-hybridized carbons (Fsp3) is 0.290. The van der Waals surface area contributed by atoms with Gasteiger partial charge in [-0.3, -0.25) is 25.1 Å². The molecule has 0 radical (unpaired) electrons. The van der Waals surface area contributed by atoms with Crippen molar-refractivity contribution in [3.8, 4) is 0 Å². The SMILES string of the molecule is Cn1cc(C2=C(c3cn(CCCCNC(=O)[C@@H](N)CCCNC(=N)N)c4ccccc34)C(=O)NC2=O)c2ccccc21. The Morgan fingerprint density at radius 2 is 1.48 bits per heavy atom. The third-order valence-corrected chi connectivity index (χ3v) is 7.62. The standard InChI is InChI=1S/C31H36N8O3/c1-38-17-21(19-9-2-4-12-24(19)38)26-27(30(42)37-29(26)41)22-18-39(25-13-5-3-10-20(22)25)16-7-6-14-35-28(40)23(32)11-8-15-36-31(33)34/h2-5,9-10,12-13,17-18,23H,6-8,11,14-16,32H2,1H3,(H,35,40)(H4,33,34,36)(H,37,41,42)/t23-/m0/s1. The zero-order valence-electron chi connectivity index (χ0n) is 23.6. The van der Waals surface area contributed by atoms with Gasteiger partial charge in [-0.1, -0.05) is 36.4 Å². The molecule has 1 aliphatic rings. The summed E-state index contributed by atoms with van der Waals surface area (Å²) in [5.74, 6) is -1.09. The number of unbranched alkanes of at least 4 members (excludes halogenated alkanes) is 1. The van der Waals surface area contributed by atoms with Gasteiger partial charge in [-0.2, -0.15) is 0 Å². The number of nitrogens with one attached hydrogen (secondary N) is 4.